The fourth-order valence-electron chi connectivity index (χ4n) is 3.58. The molecule has 1 atom stereocenters. The lowest BCUT2D eigenvalue weighted by Gasteiger charge is -2.37. The van der Waals surface area contributed by atoms with Crippen LogP contribution in [0, 0.1) is 17.8 Å². The van der Waals surface area contributed by atoms with Crippen LogP contribution in [0.25, 0.3) is 0 Å². The Morgan fingerprint density at radius 1 is 1.16 bits per heavy atom. The van der Waals surface area contributed by atoms with Gasteiger partial charge in [0.15, 0.2) is 11.4 Å². The molecule has 1 aromatic carbocycles. The van der Waals surface area contributed by atoms with Crippen LogP contribution in [-0.2, 0) is 10.4 Å². The van der Waals surface area contributed by atoms with Crippen LogP contribution in [0.3, 0.4) is 0 Å². The van der Waals surface area contributed by atoms with Crippen molar-refractivity contribution in [1.82, 2.24) is 5.32 Å². The zero-order valence-electron chi connectivity index (χ0n) is 14.8. The van der Waals surface area contributed by atoms with E-state index in [1.807, 2.05) is 30.3 Å². The Kier molecular flexibility index (Phi) is 8.14. The largest absolute Gasteiger partial charge is 0.395 e. The van der Waals surface area contributed by atoms with Crippen molar-refractivity contribution in [3.63, 3.8) is 0 Å². The summed E-state index contributed by atoms with van der Waals surface area (Å²) in [7, 11) is 0. The van der Waals surface area contributed by atoms with Gasteiger partial charge in [0.1, 0.15) is 0 Å². The molecule has 3 N–H and O–H groups in total. The molecule has 0 heterocycles. The van der Waals surface area contributed by atoms with Crippen molar-refractivity contribution in [3.8, 4) is 11.8 Å². The van der Waals surface area contributed by atoms with Crippen molar-refractivity contribution in [2.75, 3.05) is 19.7 Å². The summed E-state index contributed by atoms with van der Waals surface area (Å²) in [5, 5.41) is 23.1. The average molecular weight is 343 g/mol. The van der Waals surface area contributed by atoms with E-state index in [1.165, 1.54) is 6.42 Å². The Hall–Kier alpha value is -1.67. The highest BCUT2D eigenvalue weighted by Gasteiger charge is 2.44. The summed E-state index contributed by atoms with van der Waals surface area (Å²) >= 11 is 0. The van der Waals surface area contributed by atoms with Crippen LogP contribution >= 0.6 is 0 Å². The Bertz CT molecular complexity index is 584. The lowest BCUT2D eigenvalue weighted by Crippen LogP contribution is -2.44. The van der Waals surface area contributed by atoms with E-state index in [9.17, 15) is 9.90 Å². The minimum Gasteiger partial charge on any atom is -0.395 e. The molecule has 1 unspecified atom stereocenters. The summed E-state index contributed by atoms with van der Waals surface area (Å²) in [5.74, 6) is 5.79. The Morgan fingerprint density at radius 2 is 1.88 bits per heavy atom. The van der Waals surface area contributed by atoms with Gasteiger partial charge in [0.25, 0.3) is 0 Å². The second kappa shape index (κ2) is 10.4. The second-order valence-electron chi connectivity index (χ2n) is 6.64. The fourth-order valence-corrected chi connectivity index (χ4v) is 3.58. The van der Waals surface area contributed by atoms with Crippen LogP contribution in [-0.4, -0.2) is 35.7 Å². The molecular weight excluding hydrogens is 314 g/mol. The van der Waals surface area contributed by atoms with Gasteiger partial charge in [-0.2, -0.15) is 0 Å². The van der Waals surface area contributed by atoms with Gasteiger partial charge in [0, 0.05) is 19.4 Å². The molecule has 4 heteroatoms. The first kappa shape index (κ1) is 19.7. The van der Waals surface area contributed by atoms with E-state index < -0.39 is 5.60 Å². The van der Waals surface area contributed by atoms with Crippen molar-refractivity contribution in [2.45, 2.75) is 50.5 Å². The monoisotopic (exact) mass is 343 g/mol. The number of benzene rings is 1. The van der Waals surface area contributed by atoms with E-state index in [-0.39, 0.29) is 24.7 Å². The Balaban J connectivity index is 2.03. The van der Waals surface area contributed by atoms with E-state index in [0.29, 0.717) is 25.1 Å². The number of hydrogen-bond acceptors (Lipinski definition) is 4. The van der Waals surface area contributed by atoms with Gasteiger partial charge in [-0.15, -0.1) is 5.92 Å². The maximum absolute atomic E-state index is 12.9. The smallest absolute Gasteiger partial charge is 0.170 e. The van der Waals surface area contributed by atoms with E-state index in [0.717, 1.165) is 25.7 Å². The summed E-state index contributed by atoms with van der Waals surface area (Å²) in [6, 6.07) is 9.38. The van der Waals surface area contributed by atoms with E-state index in [4.69, 9.17) is 5.11 Å². The van der Waals surface area contributed by atoms with Crippen LogP contribution < -0.4 is 5.32 Å². The summed E-state index contributed by atoms with van der Waals surface area (Å²) in [6.45, 7) is 1.11. The van der Waals surface area contributed by atoms with E-state index in [2.05, 4.69) is 17.2 Å². The lowest BCUT2D eigenvalue weighted by atomic mass is 9.70. The van der Waals surface area contributed by atoms with Crippen molar-refractivity contribution in [3.05, 3.63) is 35.9 Å². The maximum Gasteiger partial charge on any atom is 0.170 e. The van der Waals surface area contributed by atoms with Gasteiger partial charge in [-0.05, 0) is 24.3 Å². The van der Waals surface area contributed by atoms with Gasteiger partial charge in [0.05, 0.1) is 13.2 Å². The van der Waals surface area contributed by atoms with E-state index >= 15 is 0 Å². The summed E-state index contributed by atoms with van der Waals surface area (Å²) < 4.78 is 0. The van der Waals surface area contributed by atoms with Crippen molar-refractivity contribution in [2.24, 2.45) is 5.92 Å². The van der Waals surface area contributed by atoms with Crippen LogP contribution in [0.15, 0.2) is 30.3 Å². The molecule has 1 aromatic rings. The average Bonchev–Trinajstić information content (AvgIpc) is 2.67. The van der Waals surface area contributed by atoms with Gasteiger partial charge in [-0.1, -0.05) is 55.5 Å². The molecule has 4 nitrogen and oxygen atoms in total. The zero-order valence-corrected chi connectivity index (χ0v) is 14.8. The van der Waals surface area contributed by atoms with Gasteiger partial charge in [-0.25, -0.2) is 0 Å². The van der Waals surface area contributed by atoms with Gasteiger partial charge in [0.2, 0.25) is 0 Å². The molecule has 0 amide bonds. The lowest BCUT2D eigenvalue weighted by molar-refractivity contribution is -0.146. The third kappa shape index (κ3) is 5.40. The number of rotatable bonds is 8. The molecule has 1 aliphatic carbocycles. The number of aliphatic hydroxyl groups is 2. The molecule has 0 radical (unpaired) electrons. The molecule has 0 aliphatic heterocycles. The van der Waals surface area contributed by atoms with Crippen LogP contribution in [0.1, 0.15) is 50.5 Å². The summed E-state index contributed by atoms with van der Waals surface area (Å²) in [6.07, 6.45) is 5.83. The first-order valence-electron chi connectivity index (χ1n) is 9.28. The van der Waals surface area contributed by atoms with Gasteiger partial charge < -0.3 is 15.5 Å². The van der Waals surface area contributed by atoms with Crippen LogP contribution in [0.5, 0.6) is 0 Å². The minimum absolute atomic E-state index is 0.00432. The van der Waals surface area contributed by atoms with Crippen LogP contribution in [0.2, 0.25) is 0 Å². The predicted molar refractivity (Wildman–Crippen MR) is 98.9 cm³/mol. The standard InChI is InChI=1S/C21H29NO3/c23-17-16-22-15-9-3-8-14-20(24)21(25,18-10-4-1-5-11-18)19-12-6-2-7-13-19/h1,4-5,10-11,19,22-23,25H,2,6-8,12-17H2. The Labute approximate surface area is 150 Å². The van der Waals surface area contributed by atoms with Crippen molar-refractivity contribution >= 4 is 5.78 Å². The van der Waals surface area contributed by atoms with Crippen LogP contribution in [0.4, 0.5) is 0 Å². The number of nitrogens with one attached hydrogen (secondary N) is 1. The second-order valence-corrected chi connectivity index (χ2v) is 6.64. The highest BCUT2D eigenvalue weighted by Crippen LogP contribution is 2.40. The highest BCUT2D eigenvalue weighted by molar-refractivity contribution is 5.88. The highest BCUT2D eigenvalue weighted by atomic mass is 16.3. The third-order valence-corrected chi connectivity index (χ3v) is 4.94. The number of carbonyl (C=O) groups excluding carboxylic acids is 1. The van der Waals surface area contributed by atoms with Gasteiger partial charge in [-0.3, -0.25) is 4.79 Å². The summed E-state index contributed by atoms with van der Waals surface area (Å²) in [4.78, 5) is 12.9. The summed E-state index contributed by atoms with van der Waals surface area (Å²) in [5.41, 5.74) is -0.678. The number of hydrogen-bond donors (Lipinski definition) is 3. The Morgan fingerprint density at radius 3 is 2.56 bits per heavy atom. The molecule has 2 rings (SSSR count). The first-order valence-corrected chi connectivity index (χ1v) is 9.28. The number of ketones is 1. The molecule has 0 bridgehead atoms. The zero-order chi connectivity index (χ0) is 18.0. The SMILES string of the molecule is O=C(CCC#CCNCCO)C(O)(c1ccccc1)C1CCCCC1. The molecule has 1 aliphatic rings. The van der Waals surface area contributed by atoms with Crippen molar-refractivity contribution in [1.29, 1.82) is 0 Å². The molecule has 0 saturated heterocycles. The number of Topliss-reactive ketones (excluding diaryl/α,β-unsaturated/α-hetero) is 1. The quantitative estimate of drug-likeness (QED) is 0.501. The topological polar surface area (TPSA) is 69.6 Å². The molecule has 1 fully saturated rings. The maximum atomic E-state index is 12.9. The van der Waals surface area contributed by atoms with Crippen molar-refractivity contribution < 1.29 is 15.0 Å². The molecular formula is C21H29NO3. The molecule has 0 aromatic heterocycles. The number of carbonyl (C=O) groups is 1. The number of aliphatic hydroxyl groups excluding tert-OH is 1. The van der Waals surface area contributed by atoms with E-state index in [1.54, 1.807) is 0 Å². The fraction of sp³-hybridized carbons (Fsp3) is 0.571. The normalized spacial score (nSPS) is 17.4. The first-order chi connectivity index (χ1) is 12.2. The molecule has 136 valence electrons. The third-order valence-electron chi connectivity index (χ3n) is 4.94. The minimum atomic E-state index is -1.39. The predicted octanol–water partition coefficient (Wildman–Crippen LogP) is 2.39. The van der Waals surface area contributed by atoms with Gasteiger partial charge >= 0.3 is 0 Å². The molecule has 0 spiro atoms. The molecule has 25 heavy (non-hydrogen) atoms. The molecule has 1 saturated carbocycles.